The van der Waals surface area contributed by atoms with Gasteiger partial charge in [-0.2, -0.15) is 0 Å². The van der Waals surface area contributed by atoms with Crippen LogP contribution in [0, 0.1) is 3.57 Å². The van der Waals surface area contributed by atoms with Gasteiger partial charge in [-0.3, -0.25) is 4.72 Å². The molecule has 0 atom stereocenters. The largest absolute Gasteiger partial charge is 0.436 e. The average Bonchev–Trinajstić information content (AvgIpc) is 3.21. The lowest BCUT2D eigenvalue weighted by Crippen LogP contribution is -2.12. The fraction of sp³-hybridized carbons (Fsp3) is 0. The molecule has 0 aliphatic carbocycles. The summed E-state index contributed by atoms with van der Waals surface area (Å²) in [5, 5.41) is 0. The van der Waals surface area contributed by atoms with Crippen molar-refractivity contribution in [2.24, 2.45) is 0 Å². The lowest BCUT2D eigenvalue weighted by atomic mass is 10.2. The molecule has 0 aliphatic rings. The van der Waals surface area contributed by atoms with Gasteiger partial charge in [0.15, 0.2) is 5.76 Å². The van der Waals surface area contributed by atoms with Gasteiger partial charge >= 0.3 is 0 Å². The van der Waals surface area contributed by atoms with Crippen LogP contribution < -0.4 is 4.72 Å². The Morgan fingerprint density at radius 3 is 2.18 bits per heavy atom. The molecule has 0 aliphatic heterocycles. The first-order chi connectivity index (χ1) is 13.5. The molecule has 28 heavy (non-hydrogen) atoms. The number of anilines is 1. The molecule has 0 saturated heterocycles. The van der Waals surface area contributed by atoms with E-state index in [2.05, 4.69) is 32.3 Å². The molecule has 0 unspecified atom stereocenters. The Balaban J connectivity index is 1.55. The fourth-order valence-corrected chi connectivity index (χ4v) is 4.07. The number of hydrogen-bond acceptors (Lipinski definition) is 4. The summed E-state index contributed by atoms with van der Waals surface area (Å²) in [5.74, 6) is 1.10. The molecule has 0 radical (unpaired) electrons. The molecule has 0 saturated carbocycles. The minimum Gasteiger partial charge on any atom is -0.436 e. The molecule has 4 rings (SSSR count). The number of halogens is 1. The van der Waals surface area contributed by atoms with E-state index in [-0.39, 0.29) is 4.90 Å². The van der Waals surface area contributed by atoms with E-state index in [4.69, 9.17) is 4.42 Å². The SMILES string of the molecule is O=S(=O)(Nc1ccc(I)cc1)c1ccc(-c2ncc(-c3ccccc3)o2)cc1. The van der Waals surface area contributed by atoms with Crippen molar-refractivity contribution in [2.75, 3.05) is 4.72 Å². The van der Waals surface area contributed by atoms with E-state index in [1.54, 1.807) is 30.5 Å². The van der Waals surface area contributed by atoms with Gasteiger partial charge in [0, 0.05) is 20.4 Å². The zero-order chi connectivity index (χ0) is 19.6. The third-order valence-electron chi connectivity index (χ3n) is 4.07. The van der Waals surface area contributed by atoms with Gasteiger partial charge in [-0.1, -0.05) is 30.3 Å². The lowest BCUT2D eigenvalue weighted by molar-refractivity contribution is 0.588. The van der Waals surface area contributed by atoms with Gasteiger partial charge in [0.05, 0.1) is 11.1 Å². The van der Waals surface area contributed by atoms with Gasteiger partial charge in [-0.05, 0) is 71.1 Å². The molecule has 140 valence electrons. The second kappa shape index (κ2) is 7.76. The Bertz CT molecular complexity index is 1190. The van der Waals surface area contributed by atoms with E-state index in [1.165, 1.54) is 12.1 Å². The number of aromatic nitrogens is 1. The minimum absolute atomic E-state index is 0.171. The molecule has 1 aromatic heterocycles. The molecule has 0 spiro atoms. The van der Waals surface area contributed by atoms with Crippen LogP contribution in [0.2, 0.25) is 0 Å². The fourth-order valence-electron chi connectivity index (χ4n) is 2.65. The molecule has 0 fully saturated rings. The Hall–Kier alpha value is -2.65. The van der Waals surface area contributed by atoms with Gasteiger partial charge in [0.2, 0.25) is 5.89 Å². The highest BCUT2D eigenvalue weighted by atomic mass is 127. The van der Waals surface area contributed by atoms with E-state index < -0.39 is 10.0 Å². The van der Waals surface area contributed by atoms with Gasteiger partial charge < -0.3 is 4.42 Å². The van der Waals surface area contributed by atoms with Gasteiger partial charge in [0.1, 0.15) is 0 Å². The predicted molar refractivity (Wildman–Crippen MR) is 117 cm³/mol. The average molecular weight is 502 g/mol. The molecule has 3 aromatic carbocycles. The van der Waals surface area contributed by atoms with E-state index in [0.717, 1.165) is 9.13 Å². The molecular weight excluding hydrogens is 487 g/mol. The number of nitrogens with one attached hydrogen (secondary N) is 1. The van der Waals surface area contributed by atoms with Crippen LogP contribution >= 0.6 is 22.6 Å². The third-order valence-corrected chi connectivity index (χ3v) is 6.19. The second-order valence-corrected chi connectivity index (χ2v) is 8.96. The second-order valence-electron chi connectivity index (χ2n) is 6.03. The van der Waals surface area contributed by atoms with Crippen molar-refractivity contribution in [1.29, 1.82) is 0 Å². The van der Waals surface area contributed by atoms with Crippen LogP contribution in [0.4, 0.5) is 5.69 Å². The lowest BCUT2D eigenvalue weighted by Gasteiger charge is -2.08. The summed E-state index contributed by atoms with van der Waals surface area (Å²) >= 11 is 2.17. The van der Waals surface area contributed by atoms with Crippen molar-refractivity contribution >= 4 is 38.3 Å². The maximum Gasteiger partial charge on any atom is 0.261 e. The Kier molecular flexibility index (Phi) is 5.19. The number of nitrogens with zero attached hydrogens (tertiary/aromatic N) is 1. The van der Waals surface area contributed by atoms with E-state index in [9.17, 15) is 8.42 Å². The summed E-state index contributed by atoms with van der Waals surface area (Å²) in [4.78, 5) is 4.47. The van der Waals surface area contributed by atoms with Crippen molar-refractivity contribution in [3.05, 3.63) is 88.6 Å². The molecular formula is C21H15IN2O3S. The summed E-state index contributed by atoms with van der Waals surface area (Å²) in [7, 11) is -3.67. The minimum atomic E-state index is -3.67. The van der Waals surface area contributed by atoms with Crippen LogP contribution in [-0.2, 0) is 10.0 Å². The maximum absolute atomic E-state index is 12.6. The van der Waals surface area contributed by atoms with E-state index >= 15 is 0 Å². The first-order valence-corrected chi connectivity index (χ1v) is 11.0. The van der Waals surface area contributed by atoms with E-state index in [0.29, 0.717) is 22.9 Å². The summed E-state index contributed by atoms with van der Waals surface area (Å²) in [6.45, 7) is 0. The number of rotatable bonds is 5. The van der Waals surface area contributed by atoms with Crippen molar-refractivity contribution in [2.45, 2.75) is 4.90 Å². The predicted octanol–water partition coefficient (Wildman–Crippen LogP) is 5.41. The number of benzene rings is 3. The van der Waals surface area contributed by atoms with Crippen LogP contribution in [0.1, 0.15) is 0 Å². The van der Waals surface area contributed by atoms with Crippen molar-refractivity contribution in [3.8, 4) is 22.8 Å². The zero-order valence-electron chi connectivity index (χ0n) is 14.5. The Morgan fingerprint density at radius 2 is 1.50 bits per heavy atom. The number of hydrogen-bond donors (Lipinski definition) is 1. The first kappa shape index (κ1) is 18.7. The summed E-state index contributed by atoms with van der Waals surface area (Å²) in [5.41, 5.74) is 2.15. The van der Waals surface area contributed by atoms with Crippen LogP contribution in [0.5, 0.6) is 0 Å². The Labute approximate surface area is 176 Å². The highest BCUT2D eigenvalue weighted by Gasteiger charge is 2.15. The monoisotopic (exact) mass is 502 g/mol. The van der Waals surface area contributed by atoms with Crippen LogP contribution in [0.25, 0.3) is 22.8 Å². The molecule has 1 heterocycles. The third kappa shape index (κ3) is 4.10. The molecule has 1 N–H and O–H groups in total. The van der Waals surface area contributed by atoms with Crippen LogP contribution in [0.3, 0.4) is 0 Å². The molecule has 5 nitrogen and oxygen atoms in total. The summed E-state index contributed by atoms with van der Waals surface area (Å²) in [6, 6.07) is 23.3. The van der Waals surface area contributed by atoms with Gasteiger partial charge in [-0.15, -0.1) is 0 Å². The van der Waals surface area contributed by atoms with Crippen molar-refractivity contribution in [3.63, 3.8) is 0 Å². The van der Waals surface area contributed by atoms with E-state index in [1.807, 2.05) is 42.5 Å². The topological polar surface area (TPSA) is 72.2 Å². The molecule has 0 amide bonds. The first-order valence-electron chi connectivity index (χ1n) is 8.41. The molecule has 4 aromatic rings. The van der Waals surface area contributed by atoms with Crippen molar-refractivity contribution in [1.82, 2.24) is 4.98 Å². The highest BCUT2D eigenvalue weighted by Crippen LogP contribution is 2.27. The Morgan fingerprint density at radius 1 is 0.821 bits per heavy atom. The van der Waals surface area contributed by atoms with Crippen molar-refractivity contribution < 1.29 is 12.8 Å². The van der Waals surface area contributed by atoms with Gasteiger partial charge in [0.25, 0.3) is 10.0 Å². The molecule has 7 heteroatoms. The summed E-state index contributed by atoms with van der Waals surface area (Å²) in [6.07, 6.45) is 1.66. The normalized spacial score (nSPS) is 11.3. The maximum atomic E-state index is 12.6. The summed E-state index contributed by atoms with van der Waals surface area (Å²) < 4.78 is 34.6. The number of sulfonamides is 1. The quantitative estimate of drug-likeness (QED) is 0.371. The standard InChI is InChI=1S/C21H15IN2O3S/c22-17-8-10-18(11-9-17)24-28(25,26)19-12-6-16(7-13-19)21-23-14-20(27-21)15-4-2-1-3-5-15/h1-14,24H. The zero-order valence-corrected chi connectivity index (χ0v) is 17.5. The highest BCUT2D eigenvalue weighted by molar-refractivity contribution is 14.1. The van der Waals surface area contributed by atoms with Crippen LogP contribution in [0.15, 0.2) is 94.4 Å². The smallest absolute Gasteiger partial charge is 0.261 e. The molecule has 0 bridgehead atoms. The van der Waals surface area contributed by atoms with Gasteiger partial charge in [-0.25, -0.2) is 13.4 Å². The van der Waals surface area contributed by atoms with Crippen LogP contribution in [-0.4, -0.2) is 13.4 Å². The number of oxazole rings is 1.